The van der Waals surface area contributed by atoms with Crippen LogP contribution in [-0.2, 0) is 5.41 Å². The van der Waals surface area contributed by atoms with Crippen LogP contribution in [0, 0.1) is 5.41 Å². The molecule has 2 aliphatic heterocycles. The predicted molar refractivity (Wildman–Crippen MR) is 107 cm³/mol. The molecular weight excluding hydrogens is 306 g/mol. The van der Waals surface area contributed by atoms with E-state index in [4.69, 9.17) is 4.98 Å². The largest absolute Gasteiger partial charge is 0.357 e. The molecule has 0 N–H and O–H groups in total. The fourth-order valence-electron chi connectivity index (χ4n) is 4.38. The number of nitrogens with zero attached hydrogens (tertiary/aromatic N) is 3. The fourth-order valence-corrected chi connectivity index (χ4v) is 4.38. The monoisotopic (exact) mass is 343 g/mol. The zero-order valence-corrected chi connectivity index (χ0v) is 17.2. The Morgan fingerprint density at radius 1 is 0.840 bits per heavy atom. The van der Waals surface area contributed by atoms with E-state index in [0.29, 0.717) is 11.0 Å². The van der Waals surface area contributed by atoms with E-state index < -0.39 is 0 Å². The summed E-state index contributed by atoms with van der Waals surface area (Å²) in [5.41, 5.74) is 2.41. The number of hydrogen-bond donors (Lipinski definition) is 0. The molecule has 2 saturated heterocycles. The first-order chi connectivity index (χ1) is 11.6. The number of hydrogen-bond acceptors (Lipinski definition) is 3. The minimum absolute atomic E-state index is 0.179. The van der Waals surface area contributed by atoms with Crippen molar-refractivity contribution >= 4 is 5.82 Å². The summed E-state index contributed by atoms with van der Waals surface area (Å²) < 4.78 is 0. The Bertz CT molecular complexity index is 559. The smallest absolute Gasteiger partial charge is 0.128 e. The van der Waals surface area contributed by atoms with Crippen LogP contribution in [0.4, 0.5) is 5.82 Å². The molecule has 3 heterocycles. The van der Waals surface area contributed by atoms with Crippen molar-refractivity contribution < 1.29 is 0 Å². The van der Waals surface area contributed by atoms with E-state index in [1.54, 1.807) is 0 Å². The average molecular weight is 344 g/mol. The lowest BCUT2D eigenvalue weighted by Gasteiger charge is -2.50. The molecule has 3 heteroatoms. The van der Waals surface area contributed by atoms with Crippen LogP contribution in [0.1, 0.15) is 72.8 Å². The molecule has 2 aliphatic rings. The second-order valence-electron chi connectivity index (χ2n) is 10.3. The highest BCUT2D eigenvalue weighted by Gasteiger charge is 2.39. The van der Waals surface area contributed by atoms with Crippen LogP contribution in [-0.4, -0.2) is 41.6 Å². The standard InChI is InChI=1S/C22H37N3/c1-20(2,3)18-7-8-19(23-17-18)24-13-9-22(10-14-24)11-15-25(16-12-22)21(4,5)6/h7-8,17H,9-16H2,1-6H3. The molecule has 3 rings (SSSR count). The van der Waals surface area contributed by atoms with Crippen molar-refractivity contribution in [3.63, 3.8) is 0 Å². The Balaban J connectivity index is 1.57. The summed E-state index contributed by atoms with van der Waals surface area (Å²) in [6.45, 7) is 18.6. The van der Waals surface area contributed by atoms with Gasteiger partial charge in [0.25, 0.3) is 0 Å². The van der Waals surface area contributed by atoms with E-state index in [-0.39, 0.29) is 5.41 Å². The molecule has 25 heavy (non-hydrogen) atoms. The van der Waals surface area contributed by atoms with Gasteiger partial charge in [-0.3, -0.25) is 4.90 Å². The third kappa shape index (κ3) is 4.19. The van der Waals surface area contributed by atoms with Crippen LogP contribution in [0.2, 0.25) is 0 Å². The second-order valence-corrected chi connectivity index (χ2v) is 10.3. The summed E-state index contributed by atoms with van der Waals surface area (Å²) in [6, 6.07) is 4.48. The molecule has 0 atom stereocenters. The molecule has 0 unspecified atom stereocenters. The quantitative estimate of drug-likeness (QED) is 0.726. The van der Waals surface area contributed by atoms with E-state index in [2.05, 4.69) is 69.7 Å². The van der Waals surface area contributed by atoms with Crippen molar-refractivity contribution in [2.45, 2.75) is 78.2 Å². The first-order valence-electron chi connectivity index (χ1n) is 10.1. The van der Waals surface area contributed by atoms with Gasteiger partial charge in [0.2, 0.25) is 0 Å². The van der Waals surface area contributed by atoms with Gasteiger partial charge >= 0.3 is 0 Å². The Morgan fingerprint density at radius 2 is 1.40 bits per heavy atom. The summed E-state index contributed by atoms with van der Waals surface area (Å²) in [7, 11) is 0. The van der Waals surface area contributed by atoms with E-state index in [9.17, 15) is 0 Å². The zero-order valence-electron chi connectivity index (χ0n) is 17.2. The highest BCUT2D eigenvalue weighted by Crippen LogP contribution is 2.43. The van der Waals surface area contributed by atoms with Gasteiger partial charge in [0, 0.05) is 24.8 Å². The molecule has 1 spiro atoms. The lowest BCUT2D eigenvalue weighted by atomic mass is 9.70. The molecule has 0 radical (unpaired) electrons. The van der Waals surface area contributed by atoms with Gasteiger partial charge < -0.3 is 4.90 Å². The number of rotatable bonds is 1. The van der Waals surface area contributed by atoms with Gasteiger partial charge in [-0.1, -0.05) is 26.8 Å². The number of likely N-dealkylation sites (tertiary alicyclic amines) is 1. The number of aromatic nitrogens is 1. The molecule has 3 nitrogen and oxygen atoms in total. The normalized spacial score (nSPS) is 22.4. The topological polar surface area (TPSA) is 19.4 Å². The summed E-state index contributed by atoms with van der Waals surface area (Å²) in [5, 5.41) is 0. The predicted octanol–water partition coefficient (Wildman–Crippen LogP) is 4.86. The minimum Gasteiger partial charge on any atom is -0.357 e. The average Bonchev–Trinajstić information content (AvgIpc) is 2.54. The highest BCUT2D eigenvalue weighted by atomic mass is 15.2. The van der Waals surface area contributed by atoms with Crippen molar-refractivity contribution in [1.82, 2.24) is 9.88 Å². The maximum Gasteiger partial charge on any atom is 0.128 e. The van der Waals surface area contributed by atoms with Crippen LogP contribution in [0.15, 0.2) is 18.3 Å². The van der Waals surface area contributed by atoms with Gasteiger partial charge in [-0.2, -0.15) is 0 Å². The second kappa shape index (κ2) is 6.57. The van der Waals surface area contributed by atoms with Crippen molar-refractivity contribution in [3.05, 3.63) is 23.9 Å². The van der Waals surface area contributed by atoms with E-state index in [1.807, 2.05) is 0 Å². The van der Waals surface area contributed by atoms with Gasteiger partial charge in [-0.25, -0.2) is 4.98 Å². The summed E-state index contributed by atoms with van der Waals surface area (Å²) >= 11 is 0. The van der Waals surface area contributed by atoms with Crippen molar-refractivity contribution in [3.8, 4) is 0 Å². The molecule has 0 amide bonds. The molecule has 140 valence electrons. The fraction of sp³-hybridized carbons (Fsp3) is 0.773. The molecule has 1 aromatic rings. The van der Waals surface area contributed by atoms with Crippen LogP contribution in [0.5, 0.6) is 0 Å². The molecule has 0 saturated carbocycles. The van der Waals surface area contributed by atoms with Gasteiger partial charge in [0.05, 0.1) is 0 Å². The third-order valence-electron chi connectivity index (χ3n) is 6.53. The van der Waals surface area contributed by atoms with E-state index >= 15 is 0 Å². The van der Waals surface area contributed by atoms with E-state index in [0.717, 1.165) is 18.9 Å². The SMILES string of the molecule is CC(C)(C)c1ccc(N2CCC3(CC2)CCN(C(C)(C)C)CC3)nc1. The number of pyridine rings is 1. The Morgan fingerprint density at radius 3 is 1.84 bits per heavy atom. The molecule has 2 fully saturated rings. The summed E-state index contributed by atoms with van der Waals surface area (Å²) in [5.74, 6) is 1.16. The van der Waals surface area contributed by atoms with Crippen LogP contribution in [0.3, 0.4) is 0 Å². The molecule has 0 aromatic carbocycles. The van der Waals surface area contributed by atoms with Gasteiger partial charge in [-0.15, -0.1) is 0 Å². The van der Waals surface area contributed by atoms with Crippen molar-refractivity contribution in [2.75, 3.05) is 31.1 Å². The maximum absolute atomic E-state index is 4.76. The van der Waals surface area contributed by atoms with Crippen molar-refractivity contribution in [1.29, 1.82) is 0 Å². The first-order valence-corrected chi connectivity index (χ1v) is 10.1. The Labute approximate surface area is 154 Å². The lowest BCUT2D eigenvalue weighted by Crippen LogP contribution is -2.51. The first kappa shape index (κ1) is 18.7. The summed E-state index contributed by atoms with van der Waals surface area (Å²) in [4.78, 5) is 9.92. The van der Waals surface area contributed by atoms with Crippen LogP contribution in [0.25, 0.3) is 0 Å². The number of piperidine rings is 2. The Hall–Kier alpha value is -1.09. The molecular formula is C22H37N3. The third-order valence-corrected chi connectivity index (χ3v) is 6.53. The van der Waals surface area contributed by atoms with Gasteiger partial charge in [-0.05, 0) is 82.0 Å². The lowest BCUT2D eigenvalue weighted by molar-refractivity contribution is 0.0293. The van der Waals surface area contributed by atoms with Crippen LogP contribution < -0.4 is 4.90 Å². The molecule has 0 bridgehead atoms. The molecule has 0 aliphatic carbocycles. The van der Waals surface area contributed by atoms with Gasteiger partial charge in [0.1, 0.15) is 5.82 Å². The summed E-state index contributed by atoms with van der Waals surface area (Å²) in [6.07, 6.45) is 7.46. The number of anilines is 1. The van der Waals surface area contributed by atoms with E-state index in [1.165, 1.54) is 44.3 Å². The Kier molecular flexibility index (Phi) is 4.91. The molecule has 1 aromatic heterocycles. The zero-order chi connectivity index (χ0) is 18.3. The van der Waals surface area contributed by atoms with Crippen LogP contribution >= 0.6 is 0 Å². The van der Waals surface area contributed by atoms with Crippen molar-refractivity contribution in [2.24, 2.45) is 5.41 Å². The maximum atomic E-state index is 4.76. The minimum atomic E-state index is 0.179. The highest BCUT2D eigenvalue weighted by molar-refractivity contribution is 5.41. The van der Waals surface area contributed by atoms with Gasteiger partial charge in [0.15, 0.2) is 0 Å².